The van der Waals surface area contributed by atoms with Crippen LogP contribution in [0.4, 0.5) is 0 Å². The summed E-state index contributed by atoms with van der Waals surface area (Å²) in [5, 5.41) is 2.20. The van der Waals surface area contributed by atoms with Gasteiger partial charge >= 0.3 is 0 Å². The highest BCUT2D eigenvalue weighted by Gasteiger charge is 2.18. The number of aromatic nitrogens is 3. The first-order valence-corrected chi connectivity index (χ1v) is 10.6. The lowest BCUT2D eigenvalue weighted by molar-refractivity contribution is 0.669. The van der Waals surface area contributed by atoms with Crippen LogP contribution in [-0.4, -0.2) is 15.0 Å². The topological polar surface area (TPSA) is 51.8 Å². The quantitative estimate of drug-likeness (QED) is 0.311. The van der Waals surface area contributed by atoms with Crippen molar-refractivity contribution in [3.8, 4) is 34.2 Å². The van der Waals surface area contributed by atoms with Crippen molar-refractivity contribution in [3.63, 3.8) is 0 Å². The van der Waals surface area contributed by atoms with Crippen LogP contribution < -0.4 is 0 Å². The fraction of sp³-hybridized carbons (Fsp3) is 0.0357. The van der Waals surface area contributed by atoms with Gasteiger partial charge in [-0.15, -0.1) is 0 Å². The number of rotatable bonds is 3. The van der Waals surface area contributed by atoms with Gasteiger partial charge in [0.25, 0.3) is 0 Å². The Labute approximate surface area is 185 Å². The Bertz CT molecular complexity index is 1510. The molecule has 0 saturated carbocycles. The largest absolute Gasteiger partial charge is 0.455 e. The fourth-order valence-corrected chi connectivity index (χ4v) is 4.10. The summed E-state index contributed by atoms with van der Waals surface area (Å²) in [4.78, 5) is 14.5. The molecule has 2 aromatic heterocycles. The molecule has 0 radical (unpaired) electrons. The maximum absolute atomic E-state index is 6.31. The second-order valence-corrected chi connectivity index (χ2v) is 7.77. The standard InChI is InChI=1S/C28H19N3O/c1-18-16-17-22(25-24(18)21-14-8-9-15-23(21)32-25)28-30-26(19-10-4-2-5-11-19)29-27(31-28)20-12-6-3-7-13-20/h2-17H,1H3. The highest BCUT2D eigenvalue weighted by atomic mass is 16.3. The van der Waals surface area contributed by atoms with Crippen molar-refractivity contribution in [2.24, 2.45) is 0 Å². The molecule has 2 heterocycles. The summed E-state index contributed by atoms with van der Waals surface area (Å²) in [5.41, 5.74) is 5.57. The highest BCUT2D eigenvalue weighted by Crippen LogP contribution is 2.37. The van der Waals surface area contributed by atoms with E-state index in [1.54, 1.807) is 0 Å². The number of aryl methyl sites for hydroxylation is 1. The van der Waals surface area contributed by atoms with Crippen LogP contribution in [0.3, 0.4) is 0 Å². The second kappa shape index (κ2) is 7.43. The first-order chi connectivity index (χ1) is 15.8. The Hall–Kier alpha value is -4.31. The molecular formula is C28H19N3O. The smallest absolute Gasteiger partial charge is 0.167 e. The van der Waals surface area contributed by atoms with Gasteiger partial charge in [0.05, 0.1) is 5.56 Å². The molecule has 4 nitrogen and oxygen atoms in total. The molecule has 0 N–H and O–H groups in total. The van der Waals surface area contributed by atoms with Crippen molar-refractivity contribution in [2.75, 3.05) is 0 Å². The van der Waals surface area contributed by atoms with Gasteiger partial charge in [-0.2, -0.15) is 0 Å². The molecule has 32 heavy (non-hydrogen) atoms. The third-order valence-electron chi connectivity index (χ3n) is 5.67. The van der Waals surface area contributed by atoms with E-state index in [1.165, 1.54) is 0 Å². The van der Waals surface area contributed by atoms with E-state index in [2.05, 4.69) is 19.1 Å². The van der Waals surface area contributed by atoms with Gasteiger partial charge in [0, 0.05) is 21.9 Å². The van der Waals surface area contributed by atoms with Crippen molar-refractivity contribution in [1.29, 1.82) is 0 Å². The van der Waals surface area contributed by atoms with E-state index in [4.69, 9.17) is 19.4 Å². The molecule has 0 spiro atoms. The second-order valence-electron chi connectivity index (χ2n) is 7.77. The van der Waals surface area contributed by atoms with Gasteiger partial charge in [-0.3, -0.25) is 0 Å². The van der Waals surface area contributed by atoms with Gasteiger partial charge in [-0.05, 0) is 24.6 Å². The molecule has 0 aliphatic carbocycles. The zero-order valence-corrected chi connectivity index (χ0v) is 17.5. The molecule has 0 aliphatic rings. The molecule has 0 saturated heterocycles. The number of benzene rings is 4. The van der Waals surface area contributed by atoms with Crippen molar-refractivity contribution in [2.45, 2.75) is 6.92 Å². The molecular weight excluding hydrogens is 394 g/mol. The van der Waals surface area contributed by atoms with E-state index >= 15 is 0 Å². The maximum Gasteiger partial charge on any atom is 0.167 e. The van der Waals surface area contributed by atoms with Gasteiger partial charge in [-0.1, -0.05) is 84.9 Å². The molecule has 0 aliphatic heterocycles. The average molecular weight is 413 g/mol. The lowest BCUT2D eigenvalue weighted by atomic mass is 10.0. The Morgan fingerprint density at radius 1 is 0.562 bits per heavy atom. The number of hydrogen-bond acceptors (Lipinski definition) is 4. The molecule has 152 valence electrons. The Balaban J connectivity index is 1.65. The molecule has 6 rings (SSSR count). The maximum atomic E-state index is 6.31. The predicted octanol–water partition coefficient (Wildman–Crippen LogP) is 7.08. The van der Waals surface area contributed by atoms with Gasteiger partial charge in [0.1, 0.15) is 11.2 Å². The van der Waals surface area contributed by atoms with E-state index in [0.29, 0.717) is 17.5 Å². The van der Waals surface area contributed by atoms with Gasteiger partial charge in [-0.25, -0.2) is 15.0 Å². The third-order valence-corrected chi connectivity index (χ3v) is 5.67. The van der Waals surface area contributed by atoms with Gasteiger partial charge in [0.2, 0.25) is 0 Å². The summed E-state index contributed by atoms with van der Waals surface area (Å²) in [6.07, 6.45) is 0. The zero-order chi connectivity index (χ0) is 21.5. The molecule has 0 unspecified atom stereocenters. The lowest BCUT2D eigenvalue weighted by Gasteiger charge is -2.09. The summed E-state index contributed by atoms with van der Waals surface area (Å²) < 4.78 is 6.31. The molecule has 0 atom stereocenters. The van der Waals surface area contributed by atoms with E-state index in [9.17, 15) is 0 Å². The van der Waals surface area contributed by atoms with Crippen LogP contribution in [0, 0.1) is 6.92 Å². The Morgan fingerprint density at radius 3 is 1.78 bits per heavy atom. The minimum absolute atomic E-state index is 0.599. The van der Waals surface area contributed by atoms with Crippen molar-refractivity contribution in [3.05, 3.63) is 103 Å². The van der Waals surface area contributed by atoms with Crippen LogP contribution in [0.25, 0.3) is 56.1 Å². The van der Waals surface area contributed by atoms with Crippen LogP contribution in [0.15, 0.2) is 101 Å². The van der Waals surface area contributed by atoms with E-state index in [0.717, 1.165) is 44.2 Å². The summed E-state index contributed by atoms with van der Waals surface area (Å²) in [7, 11) is 0. The van der Waals surface area contributed by atoms with Crippen LogP contribution in [0.2, 0.25) is 0 Å². The van der Waals surface area contributed by atoms with E-state index in [1.807, 2.05) is 84.9 Å². The minimum atomic E-state index is 0.599. The van der Waals surface area contributed by atoms with Crippen LogP contribution in [0.5, 0.6) is 0 Å². The SMILES string of the molecule is Cc1ccc(-c2nc(-c3ccccc3)nc(-c3ccccc3)n2)c2oc3ccccc3c12. The normalized spacial score (nSPS) is 11.3. The number of nitrogens with zero attached hydrogens (tertiary/aromatic N) is 3. The minimum Gasteiger partial charge on any atom is -0.455 e. The van der Waals surface area contributed by atoms with Gasteiger partial charge in [0.15, 0.2) is 17.5 Å². The number of hydrogen-bond donors (Lipinski definition) is 0. The molecule has 4 aromatic carbocycles. The Morgan fingerprint density at radius 2 is 1.12 bits per heavy atom. The number of fused-ring (bicyclic) bond motifs is 3. The van der Waals surface area contributed by atoms with Gasteiger partial charge < -0.3 is 4.42 Å². The molecule has 6 aromatic rings. The fourth-order valence-electron chi connectivity index (χ4n) is 4.10. The van der Waals surface area contributed by atoms with Crippen molar-refractivity contribution < 1.29 is 4.42 Å². The Kier molecular flexibility index (Phi) is 4.29. The molecule has 4 heteroatoms. The zero-order valence-electron chi connectivity index (χ0n) is 17.5. The highest BCUT2D eigenvalue weighted by molar-refractivity contribution is 6.10. The van der Waals surface area contributed by atoms with Crippen molar-refractivity contribution in [1.82, 2.24) is 15.0 Å². The predicted molar refractivity (Wildman–Crippen MR) is 128 cm³/mol. The molecule has 0 amide bonds. The average Bonchev–Trinajstić information content (AvgIpc) is 3.25. The van der Waals surface area contributed by atoms with Crippen molar-refractivity contribution >= 4 is 21.9 Å². The number of para-hydroxylation sites is 1. The summed E-state index contributed by atoms with van der Waals surface area (Å²) in [6, 6.07) is 32.3. The third kappa shape index (κ3) is 3.05. The molecule has 0 bridgehead atoms. The summed E-state index contributed by atoms with van der Waals surface area (Å²) in [5.74, 6) is 1.88. The number of furan rings is 1. The first kappa shape index (κ1) is 18.5. The first-order valence-electron chi connectivity index (χ1n) is 10.6. The molecule has 0 fully saturated rings. The summed E-state index contributed by atoms with van der Waals surface area (Å²) >= 11 is 0. The summed E-state index contributed by atoms with van der Waals surface area (Å²) in [6.45, 7) is 2.10. The lowest BCUT2D eigenvalue weighted by Crippen LogP contribution is -2.00. The van der Waals surface area contributed by atoms with E-state index < -0.39 is 0 Å². The van der Waals surface area contributed by atoms with Crippen LogP contribution >= 0.6 is 0 Å². The monoisotopic (exact) mass is 413 g/mol. The van der Waals surface area contributed by atoms with Crippen LogP contribution in [0.1, 0.15) is 5.56 Å². The van der Waals surface area contributed by atoms with E-state index in [-0.39, 0.29) is 0 Å². The van der Waals surface area contributed by atoms with Crippen LogP contribution in [-0.2, 0) is 0 Å².